The van der Waals surface area contributed by atoms with Gasteiger partial charge in [-0.05, 0) is 30.9 Å². The summed E-state index contributed by atoms with van der Waals surface area (Å²) in [5.41, 5.74) is 5.29. The number of nitrogens with one attached hydrogen (secondary N) is 2. The Hall–Kier alpha value is -3.25. The number of piperidine rings is 1. The number of rotatable bonds is 5. The Bertz CT molecular complexity index is 1040. The van der Waals surface area contributed by atoms with E-state index in [4.69, 9.17) is 4.74 Å². The molecule has 2 aliphatic heterocycles. The van der Waals surface area contributed by atoms with Crippen molar-refractivity contribution >= 4 is 39.7 Å². The van der Waals surface area contributed by atoms with Crippen LogP contribution in [0.3, 0.4) is 0 Å². The van der Waals surface area contributed by atoms with Crippen molar-refractivity contribution < 1.29 is 19.2 Å². The highest BCUT2D eigenvalue weighted by Crippen LogP contribution is 2.32. The number of aromatic nitrogens is 1. The minimum atomic E-state index is -0.645. The number of nitro benzene ring substituents is 1. The second kappa shape index (κ2) is 10.1. The molecule has 0 saturated carbocycles. The molecule has 33 heavy (non-hydrogen) atoms. The number of hydrogen-bond donors (Lipinski definition) is 2. The first kappa shape index (κ1) is 22.9. The molecule has 11 nitrogen and oxygen atoms in total. The van der Waals surface area contributed by atoms with Gasteiger partial charge in [0.25, 0.3) is 17.5 Å². The largest absolute Gasteiger partial charge is 0.378 e. The lowest BCUT2D eigenvalue weighted by atomic mass is 9.99. The van der Waals surface area contributed by atoms with Gasteiger partial charge >= 0.3 is 0 Å². The molecule has 176 valence electrons. The van der Waals surface area contributed by atoms with Gasteiger partial charge in [0.15, 0.2) is 5.13 Å². The Balaban J connectivity index is 1.40. The summed E-state index contributed by atoms with van der Waals surface area (Å²) in [5.74, 6) is -0.757. The molecule has 4 rings (SSSR count). The summed E-state index contributed by atoms with van der Waals surface area (Å²) in [5, 5.41) is 14.0. The fourth-order valence-electron chi connectivity index (χ4n) is 4.00. The molecule has 1 atom stereocenters. The molecule has 2 aromatic rings. The number of anilines is 2. The summed E-state index contributed by atoms with van der Waals surface area (Å²) in [6, 6.07) is 4.37. The summed E-state index contributed by atoms with van der Waals surface area (Å²) >= 11 is 1.34. The number of nitro groups is 1. The summed E-state index contributed by atoms with van der Waals surface area (Å²) in [6.45, 7) is 6.23. The minimum Gasteiger partial charge on any atom is -0.378 e. The third-order valence-electron chi connectivity index (χ3n) is 5.73. The molecule has 0 bridgehead atoms. The lowest BCUT2D eigenvalue weighted by Gasteiger charge is -2.32. The third kappa shape index (κ3) is 5.40. The average Bonchev–Trinajstić information content (AvgIpc) is 3.33. The van der Waals surface area contributed by atoms with Crippen molar-refractivity contribution in [2.24, 2.45) is 5.92 Å². The van der Waals surface area contributed by atoms with Gasteiger partial charge in [0.2, 0.25) is 0 Å². The van der Waals surface area contributed by atoms with Crippen molar-refractivity contribution in [3.8, 4) is 0 Å². The number of nitrogens with zero attached hydrogens (tertiary/aromatic N) is 4. The molecule has 0 unspecified atom stereocenters. The van der Waals surface area contributed by atoms with Crippen LogP contribution in [0.2, 0.25) is 0 Å². The number of hydrogen-bond acceptors (Lipinski definition) is 9. The number of thiazole rings is 1. The van der Waals surface area contributed by atoms with Crippen LogP contribution in [0.1, 0.15) is 40.6 Å². The molecular weight excluding hydrogens is 448 g/mol. The quantitative estimate of drug-likeness (QED) is 0.498. The van der Waals surface area contributed by atoms with E-state index in [9.17, 15) is 19.7 Å². The maximum absolute atomic E-state index is 12.5. The normalized spacial score (nSPS) is 18.6. The van der Waals surface area contributed by atoms with Crippen molar-refractivity contribution in [2.75, 3.05) is 49.2 Å². The summed E-state index contributed by atoms with van der Waals surface area (Å²) in [6.07, 6.45) is 2.06. The lowest BCUT2D eigenvalue weighted by molar-refractivity contribution is -0.384. The molecule has 3 heterocycles. The van der Waals surface area contributed by atoms with Crippen LogP contribution in [-0.2, 0) is 4.74 Å². The van der Waals surface area contributed by atoms with Crippen molar-refractivity contribution in [1.29, 1.82) is 0 Å². The molecule has 0 spiro atoms. The summed E-state index contributed by atoms with van der Waals surface area (Å²) in [7, 11) is 0. The lowest BCUT2D eigenvalue weighted by Crippen LogP contribution is -2.42. The fourth-order valence-corrected chi connectivity index (χ4v) is 4.86. The first-order chi connectivity index (χ1) is 15.9. The Morgan fingerprint density at radius 2 is 1.94 bits per heavy atom. The number of carbonyl (C=O) groups is 2. The molecule has 2 amide bonds. The van der Waals surface area contributed by atoms with E-state index >= 15 is 0 Å². The number of carbonyl (C=O) groups excluding carboxylic acids is 2. The number of morpholine rings is 1. The average molecular weight is 475 g/mol. The number of ether oxygens (including phenoxy) is 1. The second-order valence-electron chi connectivity index (χ2n) is 8.18. The van der Waals surface area contributed by atoms with Gasteiger partial charge in [0, 0.05) is 43.2 Å². The number of amides is 2. The summed E-state index contributed by atoms with van der Waals surface area (Å²) in [4.78, 5) is 44.5. The predicted octanol–water partition coefficient (Wildman–Crippen LogP) is 2.20. The molecule has 12 heteroatoms. The van der Waals surface area contributed by atoms with Crippen molar-refractivity contribution in [1.82, 2.24) is 15.8 Å². The van der Waals surface area contributed by atoms with E-state index < -0.39 is 16.7 Å². The SMILES string of the molecule is C[C@@H]1CCCN(c2ccc(C(=O)NNC(=O)c3csc(N4CCOCC4)n3)cc2[N+](=O)[O-])C1. The summed E-state index contributed by atoms with van der Waals surface area (Å²) < 4.78 is 5.32. The van der Waals surface area contributed by atoms with Gasteiger partial charge in [0.1, 0.15) is 11.4 Å². The predicted molar refractivity (Wildman–Crippen MR) is 124 cm³/mol. The van der Waals surface area contributed by atoms with Gasteiger partial charge in [-0.2, -0.15) is 0 Å². The highest BCUT2D eigenvalue weighted by Gasteiger charge is 2.25. The van der Waals surface area contributed by atoms with Gasteiger partial charge in [-0.15, -0.1) is 11.3 Å². The van der Waals surface area contributed by atoms with Crippen LogP contribution in [-0.4, -0.2) is 61.1 Å². The zero-order valence-corrected chi connectivity index (χ0v) is 19.1. The van der Waals surface area contributed by atoms with E-state index in [1.165, 1.54) is 23.5 Å². The zero-order valence-electron chi connectivity index (χ0n) is 18.3. The number of benzene rings is 1. The maximum Gasteiger partial charge on any atom is 0.293 e. The minimum absolute atomic E-state index is 0.0862. The molecule has 2 N–H and O–H groups in total. The van der Waals surface area contributed by atoms with Gasteiger partial charge < -0.3 is 14.5 Å². The Kier molecular flexibility index (Phi) is 7.04. The van der Waals surface area contributed by atoms with E-state index in [0.29, 0.717) is 43.0 Å². The van der Waals surface area contributed by atoms with E-state index in [1.54, 1.807) is 11.4 Å². The fraction of sp³-hybridized carbons (Fsp3) is 0.476. The first-order valence-electron chi connectivity index (χ1n) is 10.8. The van der Waals surface area contributed by atoms with Crippen molar-refractivity contribution in [3.63, 3.8) is 0 Å². The standard InChI is InChI=1S/C21H26N6O5S/c1-14-3-2-6-26(12-14)17-5-4-15(11-18(17)27(30)31)19(28)23-24-20(29)16-13-33-21(22-16)25-7-9-32-10-8-25/h4-5,11,13-14H,2-3,6-10,12H2,1H3,(H,23,28)(H,24,29)/t14-/m1/s1. The molecular formula is C21H26N6O5S. The molecule has 2 aliphatic rings. The molecule has 2 saturated heterocycles. The first-order valence-corrected chi connectivity index (χ1v) is 11.7. The van der Waals surface area contributed by atoms with Gasteiger partial charge in [-0.3, -0.25) is 30.6 Å². The van der Waals surface area contributed by atoms with E-state index in [-0.39, 0.29) is 16.9 Å². The highest BCUT2D eigenvalue weighted by molar-refractivity contribution is 7.13. The maximum atomic E-state index is 12.5. The zero-order chi connectivity index (χ0) is 23.4. The van der Waals surface area contributed by atoms with Crippen LogP contribution in [0.25, 0.3) is 0 Å². The molecule has 0 radical (unpaired) electrons. The van der Waals surface area contributed by atoms with Gasteiger partial charge in [-0.1, -0.05) is 6.92 Å². The second-order valence-corrected chi connectivity index (χ2v) is 9.01. The van der Waals surface area contributed by atoms with Crippen LogP contribution >= 0.6 is 11.3 Å². The highest BCUT2D eigenvalue weighted by atomic mass is 32.1. The van der Waals surface area contributed by atoms with Crippen LogP contribution in [0.5, 0.6) is 0 Å². The van der Waals surface area contributed by atoms with Crippen molar-refractivity contribution in [3.05, 3.63) is 45.0 Å². The van der Waals surface area contributed by atoms with E-state index in [2.05, 4.69) is 22.8 Å². The van der Waals surface area contributed by atoms with Gasteiger partial charge in [0.05, 0.1) is 18.1 Å². The molecule has 1 aromatic carbocycles. The molecule has 2 fully saturated rings. The van der Waals surface area contributed by atoms with Crippen LogP contribution in [0, 0.1) is 16.0 Å². The van der Waals surface area contributed by atoms with Gasteiger partial charge in [-0.25, -0.2) is 4.98 Å². The van der Waals surface area contributed by atoms with Crippen molar-refractivity contribution in [2.45, 2.75) is 19.8 Å². The topological polar surface area (TPSA) is 130 Å². The van der Waals surface area contributed by atoms with Crippen LogP contribution in [0.15, 0.2) is 23.6 Å². The van der Waals surface area contributed by atoms with Crippen LogP contribution in [0.4, 0.5) is 16.5 Å². The molecule has 1 aromatic heterocycles. The monoisotopic (exact) mass is 474 g/mol. The Morgan fingerprint density at radius 3 is 2.67 bits per heavy atom. The Labute approximate surface area is 194 Å². The van der Waals surface area contributed by atoms with Crippen LogP contribution < -0.4 is 20.7 Å². The van der Waals surface area contributed by atoms with E-state index in [0.717, 1.165) is 25.9 Å². The van der Waals surface area contributed by atoms with E-state index in [1.807, 2.05) is 9.80 Å². The molecule has 0 aliphatic carbocycles. The Morgan fingerprint density at radius 1 is 1.18 bits per heavy atom. The smallest absolute Gasteiger partial charge is 0.293 e. The number of hydrazine groups is 1. The third-order valence-corrected chi connectivity index (χ3v) is 6.63.